The fraction of sp³-hybridized carbons (Fsp3) is 0.250. The summed E-state index contributed by atoms with van der Waals surface area (Å²) in [7, 11) is 1.66. The Bertz CT molecular complexity index is 860. The van der Waals surface area contributed by atoms with Gasteiger partial charge in [-0.3, -0.25) is 4.79 Å². The SMILES string of the molecule is CCc1cc2[nH]ccc2cc1Nc1cnn(C)c(=O)c1C. The molecule has 2 aromatic heterocycles. The molecule has 21 heavy (non-hydrogen) atoms. The number of nitrogens with zero attached hydrogens (tertiary/aromatic N) is 2. The number of aromatic nitrogens is 3. The Balaban J connectivity index is 2.09. The lowest BCUT2D eigenvalue weighted by Crippen LogP contribution is -2.22. The van der Waals surface area contributed by atoms with Gasteiger partial charge in [0.25, 0.3) is 5.56 Å². The molecule has 0 radical (unpaired) electrons. The van der Waals surface area contributed by atoms with Gasteiger partial charge >= 0.3 is 0 Å². The second-order valence-electron chi connectivity index (χ2n) is 5.16. The topological polar surface area (TPSA) is 62.7 Å². The zero-order chi connectivity index (χ0) is 15.0. The van der Waals surface area contributed by atoms with E-state index in [2.05, 4.69) is 34.5 Å². The maximum Gasteiger partial charge on any atom is 0.271 e. The number of benzene rings is 1. The molecule has 0 saturated heterocycles. The van der Waals surface area contributed by atoms with Gasteiger partial charge < -0.3 is 10.3 Å². The summed E-state index contributed by atoms with van der Waals surface area (Å²) >= 11 is 0. The average molecular weight is 282 g/mol. The maximum atomic E-state index is 12.0. The second kappa shape index (κ2) is 5.09. The number of rotatable bonds is 3. The minimum absolute atomic E-state index is 0.0826. The van der Waals surface area contributed by atoms with Gasteiger partial charge in [0.05, 0.1) is 11.9 Å². The third kappa shape index (κ3) is 2.31. The van der Waals surface area contributed by atoms with E-state index in [0.717, 1.165) is 28.7 Å². The predicted molar refractivity (Wildman–Crippen MR) is 85.2 cm³/mol. The van der Waals surface area contributed by atoms with E-state index in [9.17, 15) is 4.79 Å². The van der Waals surface area contributed by atoms with Crippen molar-refractivity contribution in [1.29, 1.82) is 0 Å². The highest BCUT2D eigenvalue weighted by molar-refractivity contribution is 5.86. The molecule has 0 fully saturated rings. The summed E-state index contributed by atoms with van der Waals surface area (Å²) in [5, 5.41) is 8.57. The highest BCUT2D eigenvalue weighted by Crippen LogP contribution is 2.27. The molecule has 2 heterocycles. The molecule has 0 atom stereocenters. The van der Waals surface area contributed by atoms with Crippen molar-refractivity contribution in [3.05, 3.63) is 52.1 Å². The summed E-state index contributed by atoms with van der Waals surface area (Å²) in [6.45, 7) is 3.93. The molecule has 1 aromatic carbocycles. The van der Waals surface area contributed by atoms with Crippen LogP contribution in [0, 0.1) is 6.92 Å². The van der Waals surface area contributed by atoms with E-state index in [4.69, 9.17) is 0 Å². The summed E-state index contributed by atoms with van der Waals surface area (Å²) < 4.78 is 1.34. The average Bonchev–Trinajstić information content (AvgIpc) is 2.94. The van der Waals surface area contributed by atoms with Crippen LogP contribution in [0.15, 0.2) is 35.4 Å². The molecule has 3 rings (SSSR count). The van der Waals surface area contributed by atoms with Crippen molar-refractivity contribution in [3.8, 4) is 0 Å². The van der Waals surface area contributed by atoms with E-state index < -0.39 is 0 Å². The minimum atomic E-state index is -0.0826. The van der Waals surface area contributed by atoms with Crippen LogP contribution in [0.2, 0.25) is 0 Å². The summed E-state index contributed by atoms with van der Waals surface area (Å²) in [6.07, 6.45) is 4.53. The molecule has 0 unspecified atom stereocenters. The molecular weight excluding hydrogens is 264 g/mol. The van der Waals surface area contributed by atoms with Crippen LogP contribution < -0.4 is 10.9 Å². The molecule has 0 bridgehead atoms. The zero-order valence-electron chi connectivity index (χ0n) is 12.4. The molecule has 0 saturated carbocycles. The molecule has 5 nitrogen and oxygen atoms in total. The lowest BCUT2D eigenvalue weighted by molar-refractivity contribution is 0.702. The van der Waals surface area contributed by atoms with Gasteiger partial charge in [0.2, 0.25) is 0 Å². The summed E-state index contributed by atoms with van der Waals surface area (Å²) in [5.74, 6) is 0. The zero-order valence-corrected chi connectivity index (χ0v) is 12.4. The first-order valence-corrected chi connectivity index (χ1v) is 7.00. The number of H-pyrrole nitrogens is 1. The third-order valence-corrected chi connectivity index (χ3v) is 3.81. The van der Waals surface area contributed by atoms with E-state index in [1.165, 1.54) is 10.2 Å². The number of fused-ring (bicyclic) bond motifs is 1. The fourth-order valence-electron chi connectivity index (χ4n) is 2.48. The van der Waals surface area contributed by atoms with Crippen molar-refractivity contribution in [2.75, 3.05) is 5.32 Å². The number of anilines is 2. The standard InChI is InChI=1S/C16H18N4O/c1-4-11-7-13-12(5-6-17-13)8-14(11)19-15-9-18-20(3)16(21)10(15)2/h5-9,17,19H,4H2,1-3H3. The summed E-state index contributed by atoms with van der Waals surface area (Å²) in [6, 6.07) is 6.28. The van der Waals surface area contributed by atoms with Gasteiger partial charge in [0, 0.05) is 35.4 Å². The Hall–Kier alpha value is -2.56. The van der Waals surface area contributed by atoms with Crippen LogP contribution in [0.3, 0.4) is 0 Å². The lowest BCUT2D eigenvalue weighted by atomic mass is 10.1. The van der Waals surface area contributed by atoms with Crippen molar-refractivity contribution in [1.82, 2.24) is 14.8 Å². The van der Waals surface area contributed by atoms with E-state index in [-0.39, 0.29) is 5.56 Å². The quantitative estimate of drug-likeness (QED) is 0.776. The summed E-state index contributed by atoms with van der Waals surface area (Å²) in [4.78, 5) is 15.2. The first-order valence-electron chi connectivity index (χ1n) is 7.00. The van der Waals surface area contributed by atoms with Crippen molar-refractivity contribution < 1.29 is 0 Å². The number of nitrogens with one attached hydrogen (secondary N) is 2. The van der Waals surface area contributed by atoms with Crippen LogP contribution in [0.4, 0.5) is 11.4 Å². The molecule has 5 heteroatoms. The van der Waals surface area contributed by atoms with Gasteiger partial charge in [-0.2, -0.15) is 5.10 Å². The van der Waals surface area contributed by atoms with Crippen LogP contribution in [0.25, 0.3) is 10.9 Å². The van der Waals surface area contributed by atoms with Gasteiger partial charge in [-0.15, -0.1) is 0 Å². The van der Waals surface area contributed by atoms with Gasteiger partial charge in [-0.1, -0.05) is 6.92 Å². The Labute approximate surface area is 122 Å². The van der Waals surface area contributed by atoms with Crippen molar-refractivity contribution in [2.24, 2.45) is 7.05 Å². The molecule has 0 spiro atoms. The van der Waals surface area contributed by atoms with Crippen molar-refractivity contribution in [3.63, 3.8) is 0 Å². The van der Waals surface area contributed by atoms with Crippen LogP contribution in [-0.2, 0) is 13.5 Å². The summed E-state index contributed by atoms with van der Waals surface area (Å²) in [5.41, 5.74) is 4.68. The molecule has 0 aliphatic rings. The van der Waals surface area contributed by atoms with Gasteiger partial charge in [0.1, 0.15) is 0 Å². The molecule has 0 amide bonds. The van der Waals surface area contributed by atoms with Crippen molar-refractivity contribution in [2.45, 2.75) is 20.3 Å². The highest BCUT2D eigenvalue weighted by atomic mass is 16.1. The largest absolute Gasteiger partial charge is 0.361 e. The molecule has 108 valence electrons. The van der Waals surface area contributed by atoms with Crippen LogP contribution in [0.5, 0.6) is 0 Å². The fourth-order valence-corrected chi connectivity index (χ4v) is 2.48. The minimum Gasteiger partial charge on any atom is -0.361 e. The monoisotopic (exact) mass is 282 g/mol. The normalized spacial score (nSPS) is 11.0. The Morgan fingerprint density at radius 2 is 2.14 bits per heavy atom. The molecule has 2 N–H and O–H groups in total. The first kappa shape index (κ1) is 13.4. The Morgan fingerprint density at radius 3 is 2.90 bits per heavy atom. The van der Waals surface area contributed by atoms with E-state index in [1.54, 1.807) is 13.2 Å². The molecular formula is C16H18N4O. The second-order valence-corrected chi connectivity index (χ2v) is 5.16. The first-order chi connectivity index (χ1) is 10.1. The number of aryl methyl sites for hydroxylation is 2. The van der Waals surface area contributed by atoms with Gasteiger partial charge in [-0.05, 0) is 37.1 Å². The third-order valence-electron chi connectivity index (χ3n) is 3.81. The Kier molecular flexibility index (Phi) is 3.25. The van der Waals surface area contributed by atoms with Crippen LogP contribution in [0.1, 0.15) is 18.1 Å². The molecule has 0 aliphatic carbocycles. The van der Waals surface area contributed by atoms with Gasteiger partial charge in [0.15, 0.2) is 0 Å². The van der Waals surface area contributed by atoms with Crippen LogP contribution >= 0.6 is 0 Å². The van der Waals surface area contributed by atoms with E-state index in [0.29, 0.717) is 5.56 Å². The highest BCUT2D eigenvalue weighted by Gasteiger charge is 2.09. The van der Waals surface area contributed by atoms with Crippen molar-refractivity contribution >= 4 is 22.3 Å². The number of hydrogen-bond acceptors (Lipinski definition) is 3. The van der Waals surface area contributed by atoms with E-state index in [1.807, 2.05) is 19.2 Å². The predicted octanol–water partition coefficient (Wildman–Crippen LogP) is 2.88. The van der Waals surface area contributed by atoms with E-state index >= 15 is 0 Å². The number of aromatic amines is 1. The Morgan fingerprint density at radius 1 is 1.33 bits per heavy atom. The van der Waals surface area contributed by atoms with Crippen LogP contribution in [-0.4, -0.2) is 14.8 Å². The lowest BCUT2D eigenvalue weighted by Gasteiger charge is -2.13. The van der Waals surface area contributed by atoms with Gasteiger partial charge in [-0.25, -0.2) is 4.68 Å². The smallest absolute Gasteiger partial charge is 0.271 e. The maximum absolute atomic E-state index is 12.0. The number of hydrogen-bond donors (Lipinski definition) is 2. The molecule has 3 aromatic rings. The molecule has 0 aliphatic heterocycles.